The van der Waals surface area contributed by atoms with Gasteiger partial charge in [-0.15, -0.1) is 11.3 Å². The van der Waals surface area contributed by atoms with E-state index in [0.717, 1.165) is 37.3 Å². The van der Waals surface area contributed by atoms with Crippen LogP contribution in [-0.2, 0) is 19.4 Å². The normalized spacial score (nSPS) is 26.1. The second kappa shape index (κ2) is 5.77. The highest BCUT2D eigenvalue weighted by Gasteiger charge is 2.40. The van der Waals surface area contributed by atoms with Crippen molar-refractivity contribution in [1.29, 1.82) is 0 Å². The Hall–Kier alpha value is -1.53. The molecule has 2 fully saturated rings. The number of nitrogens with zero attached hydrogens (tertiary/aromatic N) is 5. The van der Waals surface area contributed by atoms with Crippen molar-refractivity contribution in [2.45, 2.75) is 32.7 Å². The van der Waals surface area contributed by atoms with Crippen LogP contribution in [0.15, 0.2) is 12.5 Å². The summed E-state index contributed by atoms with van der Waals surface area (Å²) in [6, 6.07) is 0. The zero-order valence-corrected chi connectivity index (χ0v) is 14.9. The Morgan fingerprint density at radius 2 is 2.00 bits per heavy atom. The molecule has 5 rings (SSSR count). The molecule has 0 amide bonds. The van der Waals surface area contributed by atoms with E-state index in [1.54, 1.807) is 11.2 Å². The number of hydrogen-bond donors (Lipinski definition) is 0. The minimum Gasteiger partial charge on any atom is -0.356 e. The van der Waals surface area contributed by atoms with Crippen LogP contribution in [0.1, 0.15) is 27.6 Å². The van der Waals surface area contributed by atoms with Crippen LogP contribution in [0.4, 0.5) is 5.82 Å². The molecule has 0 bridgehead atoms. The minimum absolute atomic E-state index is 0.770. The predicted molar refractivity (Wildman–Crippen MR) is 95.4 cm³/mol. The molecule has 2 atom stereocenters. The predicted octanol–water partition coefficient (Wildman–Crippen LogP) is 2.30. The van der Waals surface area contributed by atoms with E-state index in [1.807, 2.05) is 17.5 Å². The molecule has 0 N–H and O–H groups in total. The van der Waals surface area contributed by atoms with Gasteiger partial charge in [0.15, 0.2) is 0 Å². The van der Waals surface area contributed by atoms with Gasteiger partial charge in [-0.1, -0.05) is 0 Å². The number of fused-ring (bicyclic) bond motifs is 2. The molecule has 2 unspecified atom stereocenters. The van der Waals surface area contributed by atoms with Gasteiger partial charge in [0, 0.05) is 42.8 Å². The molecule has 3 aliphatic rings. The van der Waals surface area contributed by atoms with E-state index < -0.39 is 0 Å². The average Bonchev–Trinajstić information content (AvgIpc) is 3.27. The lowest BCUT2D eigenvalue weighted by Gasteiger charge is -2.22. The first-order chi connectivity index (χ1) is 11.8. The van der Waals surface area contributed by atoms with Crippen LogP contribution >= 0.6 is 11.3 Å². The third kappa shape index (κ3) is 2.52. The summed E-state index contributed by atoms with van der Waals surface area (Å²) in [5.41, 5.74) is 2.58. The van der Waals surface area contributed by atoms with Gasteiger partial charge in [0.05, 0.1) is 12.2 Å². The molecule has 0 spiro atoms. The Morgan fingerprint density at radius 3 is 2.75 bits per heavy atom. The van der Waals surface area contributed by atoms with Crippen molar-refractivity contribution in [2.75, 3.05) is 31.1 Å². The molecule has 126 valence electrons. The summed E-state index contributed by atoms with van der Waals surface area (Å²) in [5.74, 6) is 2.67. The third-order valence-corrected chi connectivity index (χ3v) is 6.87. The monoisotopic (exact) mass is 341 g/mol. The molecule has 24 heavy (non-hydrogen) atoms. The number of anilines is 1. The zero-order valence-electron chi connectivity index (χ0n) is 14.1. The van der Waals surface area contributed by atoms with Crippen LogP contribution in [0.25, 0.3) is 0 Å². The molecule has 2 aliphatic heterocycles. The summed E-state index contributed by atoms with van der Waals surface area (Å²) < 4.78 is 0. The van der Waals surface area contributed by atoms with E-state index in [4.69, 9.17) is 4.98 Å². The lowest BCUT2D eigenvalue weighted by Crippen LogP contribution is -2.29. The van der Waals surface area contributed by atoms with Crippen molar-refractivity contribution < 1.29 is 0 Å². The molecule has 0 saturated carbocycles. The third-order valence-electron chi connectivity index (χ3n) is 5.73. The molecular weight excluding hydrogens is 318 g/mol. The first-order valence-corrected chi connectivity index (χ1v) is 9.79. The number of aryl methyl sites for hydroxylation is 3. The Balaban J connectivity index is 1.23. The highest BCUT2D eigenvalue weighted by Crippen LogP contribution is 2.35. The average molecular weight is 341 g/mol. The molecule has 5 nitrogen and oxygen atoms in total. The molecule has 4 heterocycles. The Morgan fingerprint density at radius 1 is 1.17 bits per heavy atom. The quantitative estimate of drug-likeness (QED) is 0.857. The van der Waals surface area contributed by atoms with Gasteiger partial charge in [0.1, 0.15) is 17.2 Å². The fourth-order valence-electron chi connectivity index (χ4n) is 4.62. The topological polar surface area (TPSA) is 45.2 Å². The molecule has 1 aliphatic carbocycles. The summed E-state index contributed by atoms with van der Waals surface area (Å²) in [5, 5.41) is 1.34. The first kappa shape index (κ1) is 14.8. The van der Waals surface area contributed by atoms with Gasteiger partial charge in [-0.2, -0.15) is 0 Å². The lowest BCUT2D eigenvalue weighted by molar-refractivity contribution is 0.308. The van der Waals surface area contributed by atoms with Crippen molar-refractivity contribution in [3.63, 3.8) is 0 Å². The second-order valence-electron chi connectivity index (χ2n) is 7.48. The van der Waals surface area contributed by atoms with Crippen molar-refractivity contribution in [1.82, 2.24) is 19.9 Å². The van der Waals surface area contributed by atoms with Crippen molar-refractivity contribution in [2.24, 2.45) is 11.8 Å². The molecule has 2 aromatic rings. The molecule has 6 heteroatoms. The number of thiazole rings is 1. The maximum atomic E-state index is 4.87. The van der Waals surface area contributed by atoms with E-state index >= 15 is 0 Å². The Kier molecular flexibility index (Phi) is 3.56. The van der Waals surface area contributed by atoms with Gasteiger partial charge in [-0.25, -0.2) is 15.0 Å². The molecule has 0 radical (unpaired) electrons. The van der Waals surface area contributed by atoms with Crippen molar-refractivity contribution in [3.05, 3.63) is 33.7 Å². The minimum atomic E-state index is 0.770. The van der Waals surface area contributed by atoms with E-state index in [0.29, 0.717) is 0 Å². The number of aromatic nitrogens is 3. The maximum Gasteiger partial charge on any atom is 0.134 e. The number of likely N-dealkylation sites (tertiary alicyclic amines) is 1. The van der Waals surface area contributed by atoms with Gasteiger partial charge in [-0.3, -0.25) is 4.90 Å². The smallest absolute Gasteiger partial charge is 0.134 e. The number of hydrogen-bond acceptors (Lipinski definition) is 6. The van der Waals surface area contributed by atoms with Crippen molar-refractivity contribution >= 4 is 17.2 Å². The number of rotatable bonds is 3. The van der Waals surface area contributed by atoms with Gasteiger partial charge in [0.2, 0.25) is 0 Å². The first-order valence-electron chi connectivity index (χ1n) is 8.97. The van der Waals surface area contributed by atoms with Gasteiger partial charge < -0.3 is 4.90 Å². The van der Waals surface area contributed by atoms with E-state index in [-0.39, 0.29) is 0 Å². The fourth-order valence-corrected chi connectivity index (χ4v) is 5.82. The van der Waals surface area contributed by atoms with Crippen molar-refractivity contribution in [3.8, 4) is 0 Å². The second-order valence-corrected chi connectivity index (χ2v) is 8.65. The zero-order chi connectivity index (χ0) is 16.1. The fraction of sp³-hybridized carbons (Fsp3) is 0.611. The van der Waals surface area contributed by atoms with Gasteiger partial charge in [0.25, 0.3) is 0 Å². The van der Waals surface area contributed by atoms with Crippen LogP contribution in [-0.4, -0.2) is 46.0 Å². The van der Waals surface area contributed by atoms with Crippen LogP contribution in [0.5, 0.6) is 0 Å². The van der Waals surface area contributed by atoms with E-state index in [1.165, 1.54) is 48.6 Å². The molecule has 2 saturated heterocycles. The Bertz CT molecular complexity index is 722. The van der Waals surface area contributed by atoms with E-state index in [9.17, 15) is 0 Å². The lowest BCUT2D eigenvalue weighted by atomic mass is 10.0. The highest BCUT2D eigenvalue weighted by atomic mass is 32.1. The Labute approximate surface area is 146 Å². The summed E-state index contributed by atoms with van der Waals surface area (Å²) in [4.78, 5) is 20.1. The maximum absolute atomic E-state index is 4.87. The van der Waals surface area contributed by atoms with Crippen LogP contribution in [0.2, 0.25) is 0 Å². The highest BCUT2D eigenvalue weighted by molar-refractivity contribution is 7.11. The largest absolute Gasteiger partial charge is 0.356 e. The summed E-state index contributed by atoms with van der Waals surface area (Å²) in [7, 11) is 0. The van der Waals surface area contributed by atoms with Crippen LogP contribution in [0, 0.1) is 18.8 Å². The standard InChI is InChI=1S/C18H23N5S/c1-12-5-19-11-20-18(12)23-8-13-6-22(7-14(13)9-23)10-17-21-15-3-2-4-16(15)24-17/h5,11,13-14H,2-4,6-10H2,1H3. The van der Waals surface area contributed by atoms with Gasteiger partial charge in [-0.05, 0) is 38.0 Å². The molecule has 2 aromatic heterocycles. The summed E-state index contributed by atoms with van der Waals surface area (Å²) in [6.07, 6.45) is 7.35. The SMILES string of the molecule is Cc1cncnc1N1CC2CN(Cc3nc4c(s3)CCC4)CC2C1. The van der Waals surface area contributed by atoms with Crippen LogP contribution < -0.4 is 4.90 Å². The van der Waals surface area contributed by atoms with Crippen LogP contribution in [0.3, 0.4) is 0 Å². The molecule has 0 aromatic carbocycles. The summed E-state index contributed by atoms with van der Waals surface area (Å²) in [6.45, 7) is 7.83. The van der Waals surface area contributed by atoms with Gasteiger partial charge >= 0.3 is 0 Å². The molecular formula is C18H23N5S. The van der Waals surface area contributed by atoms with E-state index in [2.05, 4.69) is 26.7 Å². The summed E-state index contributed by atoms with van der Waals surface area (Å²) >= 11 is 1.96.